The Kier molecular flexibility index (Phi) is 8.26. The zero-order valence-corrected chi connectivity index (χ0v) is 21.5. The maximum atomic E-state index is 13.5. The molecule has 3 atom stereocenters. The molecule has 0 spiro atoms. The summed E-state index contributed by atoms with van der Waals surface area (Å²) in [4.78, 5) is 29.6. The molecule has 2 aromatic carbocycles. The number of nitrogens with zero attached hydrogens (tertiary/aromatic N) is 2. The van der Waals surface area contributed by atoms with Gasteiger partial charge in [0.05, 0.1) is 11.7 Å². The van der Waals surface area contributed by atoms with E-state index in [1.165, 1.54) is 12.1 Å². The topological polar surface area (TPSA) is 71.1 Å². The molecule has 0 saturated heterocycles. The number of methoxy groups -OCH3 is 1. The van der Waals surface area contributed by atoms with E-state index in [0.29, 0.717) is 43.2 Å². The van der Waals surface area contributed by atoms with Crippen molar-refractivity contribution in [3.63, 3.8) is 0 Å². The van der Waals surface area contributed by atoms with Crippen molar-refractivity contribution in [2.75, 3.05) is 39.2 Å². The average Bonchev–Trinajstić information content (AvgIpc) is 3.71. The SMILES string of the molecule is CO[C@@H]1CN(C)C(=O)c2ccc(NC(=O)C3CC3)cc2OC[C@@H](C)N(Cc2ccc(F)cc2)C[C@H]1C. The van der Waals surface area contributed by atoms with Gasteiger partial charge >= 0.3 is 0 Å². The lowest BCUT2D eigenvalue weighted by Crippen LogP contribution is -2.46. The van der Waals surface area contributed by atoms with Crippen LogP contribution in [-0.4, -0.2) is 67.6 Å². The van der Waals surface area contributed by atoms with Gasteiger partial charge in [-0.25, -0.2) is 4.39 Å². The van der Waals surface area contributed by atoms with Crippen LogP contribution in [0.15, 0.2) is 42.5 Å². The third kappa shape index (κ3) is 6.42. The first-order valence-electron chi connectivity index (χ1n) is 12.6. The number of benzene rings is 2. The Morgan fingerprint density at radius 3 is 2.53 bits per heavy atom. The molecule has 0 radical (unpaired) electrons. The van der Waals surface area contributed by atoms with Gasteiger partial charge in [-0.05, 0) is 55.5 Å². The maximum Gasteiger partial charge on any atom is 0.257 e. The first-order chi connectivity index (χ1) is 17.2. The molecular formula is C28H36FN3O4. The van der Waals surface area contributed by atoms with Crippen LogP contribution < -0.4 is 10.1 Å². The molecule has 194 valence electrons. The van der Waals surface area contributed by atoms with Crippen LogP contribution in [-0.2, 0) is 16.1 Å². The van der Waals surface area contributed by atoms with Gasteiger partial charge in [0.2, 0.25) is 5.91 Å². The first kappa shape index (κ1) is 26.1. The molecule has 1 N–H and O–H groups in total. The van der Waals surface area contributed by atoms with Gasteiger partial charge < -0.3 is 19.7 Å². The number of anilines is 1. The zero-order chi connectivity index (χ0) is 25.8. The lowest BCUT2D eigenvalue weighted by atomic mass is 10.0. The predicted molar refractivity (Wildman–Crippen MR) is 136 cm³/mol. The van der Waals surface area contributed by atoms with E-state index in [0.717, 1.165) is 18.4 Å². The second-order valence-electron chi connectivity index (χ2n) is 10.1. The highest BCUT2D eigenvalue weighted by atomic mass is 19.1. The third-order valence-electron chi connectivity index (χ3n) is 7.09. The number of carbonyl (C=O) groups excluding carboxylic acids is 2. The van der Waals surface area contributed by atoms with Crippen molar-refractivity contribution in [1.29, 1.82) is 0 Å². The fraction of sp³-hybridized carbons (Fsp3) is 0.500. The van der Waals surface area contributed by atoms with Gasteiger partial charge in [0.15, 0.2) is 0 Å². The summed E-state index contributed by atoms with van der Waals surface area (Å²) >= 11 is 0. The van der Waals surface area contributed by atoms with E-state index in [1.807, 2.05) is 0 Å². The normalized spacial score (nSPS) is 23.8. The Bertz CT molecular complexity index is 1070. The van der Waals surface area contributed by atoms with Crippen molar-refractivity contribution in [3.8, 4) is 5.75 Å². The number of rotatable bonds is 5. The second-order valence-corrected chi connectivity index (χ2v) is 10.1. The molecule has 0 unspecified atom stereocenters. The maximum absolute atomic E-state index is 13.5. The fourth-order valence-corrected chi connectivity index (χ4v) is 4.56. The second kappa shape index (κ2) is 11.4. The van der Waals surface area contributed by atoms with Gasteiger partial charge in [-0.2, -0.15) is 0 Å². The predicted octanol–water partition coefficient (Wildman–Crippen LogP) is 4.18. The lowest BCUT2D eigenvalue weighted by Gasteiger charge is -2.36. The van der Waals surface area contributed by atoms with Crippen LogP contribution >= 0.6 is 0 Å². The minimum atomic E-state index is -0.259. The van der Waals surface area contributed by atoms with Crippen LogP contribution in [0.4, 0.5) is 10.1 Å². The Balaban J connectivity index is 1.62. The summed E-state index contributed by atoms with van der Waals surface area (Å²) in [6.07, 6.45) is 1.66. The summed E-state index contributed by atoms with van der Waals surface area (Å²) < 4.78 is 25.5. The molecule has 4 rings (SSSR count). The number of ether oxygens (including phenoxy) is 2. The van der Waals surface area contributed by atoms with Gasteiger partial charge in [0.1, 0.15) is 18.2 Å². The number of fused-ring (bicyclic) bond motifs is 1. The molecule has 0 bridgehead atoms. The molecule has 2 aliphatic rings. The third-order valence-corrected chi connectivity index (χ3v) is 7.09. The molecule has 1 aliphatic carbocycles. The first-order valence-corrected chi connectivity index (χ1v) is 12.6. The molecule has 1 aliphatic heterocycles. The van der Waals surface area contributed by atoms with E-state index in [-0.39, 0.29) is 41.6 Å². The van der Waals surface area contributed by atoms with E-state index in [4.69, 9.17) is 9.47 Å². The molecule has 0 aromatic heterocycles. The highest BCUT2D eigenvalue weighted by molar-refractivity contribution is 5.99. The van der Waals surface area contributed by atoms with E-state index in [1.54, 1.807) is 49.4 Å². The smallest absolute Gasteiger partial charge is 0.257 e. The number of amides is 2. The molecule has 1 saturated carbocycles. The molecule has 7 nitrogen and oxygen atoms in total. The number of likely N-dealkylation sites (N-methyl/N-ethyl adjacent to an activating group) is 1. The molecule has 2 aromatic rings. The summed E-state index contributed by atoms with van der Waals surface area (Å²) in [5, 5.41) is 2.94. The van der Waals surface area contributed by atoms with Crippen LogP contribution in [0.3, 0.4) is 0 Å². The number of hydrogen-bond acceptors (Lipinski definition) is 5. The van der Waals surface area contributed by atoms with Crippen molar-refractivity contribution in [2.24, 2.45) is 11.8 Å². The molecule has 2 amide bonds. The summed E-state index contributed by atoms with van der Waals surface area (Å²) in [5.41, 5.74) is 2.07. The number of halogens is 1. The Morgan fingerprint density at radius 1 is 1.14 bits per heavy atom. The van der Waals surface area contributed by atoms with Crippen LogP contribution in [0.2, 0.25) is 0 Å². The molecule has 1 fully saturated rings. The molecule has 36 heavy (non-hydrogen) atoms. The van der Waals surface area contributed by atoms with Crippen molar-refractivity contribution >= 4 is 17.5 Å². The van der Waals surface area contributed by atoms with E-state index >= 15 is 0 Å². The standard InChI is InChI=1S/C28H36FN3O4/c1-18-14-32(15-20-5-9-22(29)10-6-20)19(2)17-36-25-13-23(30-27(33)21-7-8-21)11-12-24(25)28(34)31(3)16-26(18)35-4/h5-6,9-13,18-19,21,26H,7-8,14-17H2,1-4H3,(H,30,33)/t18-,19-,26-/m1/s1. The molecule has 8 heteroatoms. The number of hydrogen-bond donors (Lipinski definition) is 1. The number of carbonyl (C=O) groups is 2. The van der Waals surface area contributed by atoms with Crippen LogP contribution in [0, 0.1) is 17.7 Å². The highest BCUT2D eigenvalue weighted by Gasteiger charge is 2.31. The summed E-state index contributed by atoms with van der Waals surface area (Å²) in [6.45, 7) is 6.31. The Hall–Kier alpha value is -2.97. The van der Waals surface area contributed by atoms with Gasteiger partial charge in [0.25, 0.3) is 5.91 Å². The van der Waals surface area contributed by atoms with Crippen LogP contribution in [0.1, 0.15) is 42.6 Å². The minimum absolute atomic E-state index is 0.000159. The molecular weight excluding hydrogens is 461 g/mol. The fourth-order valence-electron chi connectivity index (χ4n) is 4.56. The van der Waals surface area contributed by atoms with Gasteiger partial charge in [-0.15, -0.1) is 0 Å². The number of nitrogens with one attached hydrogen (secondary N) is 1. The van der Waals surface area contributed by atoms with E-state index < -0.39 is 0 Å². The zero-order valence-electron chi connectivity index (χ0n) is 21.5. The van der Waals surface area contributed by atoms with E-state index in [9.17, 15) is 14.0 Å². The molecule has 1 heterocycles. The highest BCUT2D eigenvalue weighted by Crippen LogP contribution is 2.32. The average molecular weight is 498 g/mol. The Labute approximate surface area is 212 Å². The van der Waals surface area contributed by atoms with Gasteiger partial charge in [-0.3, -0.25) is 14.5 Å². The Morgan fingerprint density at radius 2 is 1.86 bits per heavy atom. The largest absolute Gasteiger partial charge is 0.491 e. The quantitative estimate of drug-likeness (QED) is 0.671. The van der Waals surface area contributed by atoms with Crippen molar-refractivity contribution in [3.05, 3.63) is 59.4 Å². The summed E-state index contributed by atoms with van der Waals surface area (Å²) in [5.74, 6) is 0.236. The van der Waals surface area contributed by atoms with Crippen LogP contribution in [0.25, 0.3) is 0 Å². The lowest BCUT2D eigenvalue weighted by molar-refractivity contribution is -0.117. The van der Waals surface area contributed by atoms with E-state index in [2.05, 4.69) is 24.1 Å². The summed E-state index contributed by atoms with van der Waals surface area (Å²) in [6, 6.07) is 11.8. The van der Waals surface area contributed by atoms with Crippen molar-refractivity contribution in [1.82, 2.24) is 9.80 Å². The monoisotopic (exact) mass is 497 g/mol. The van der Waals surface area contributed by atoms with Crippen molar-refractivity contribution < 1.29 is 23.5 Å². The minimum Gasteiger partial charge on any atom is -0.491 e. The van der Waals surface area contributed by atoms with Gasteiger partial charge in [0, 0.05) is 57.5 Å². The van der Waals surface area contributed by atoms with Crippen molar-refractivity contribution in [2.45, 2.75) is 45.4 Å². The van der Waals surface area contributed by atoms with Gasteiger partial charge in [-0.1, -0.05) is 19.1 Å². The summed E-state index contributed by atoms with van der Waals surface area (Å²) in [7, 11) is 3.43. The van der Waals surface area contributed by atoms with Crippen LogP contribution in [0.5, 0.6) is 5.75 Å².